The number of hydrogen-bond donors (Lipinski definition) is 1. The van der Waals surface area contributed by atoms with Gasteiger partial charge in [-0.05, 0) is 30.2 Å². The first-order valence-electron chi connectivity index (χ1n) is 8.00. The SMILES string of the molecule is CC(=O)N(CCNC(=O)c1ccc(F)c(F)c1)CCc1ccccc1. The summed E-state index contributed by atoms with van der Waals surface area (Å²) < 4.78 is 26.0. The lowest BCUT2D eigenvalue weighted by Crippen LogP contribution is -2.38. The molecule has 2 rings (SSSR count). The van der Waals surface area contributed by atoms with Gasteiger partial charge in [0.15, 0.2) is 11.6 Å². The minimum atomic E-state index is -1.07. The first-order valence-corrected chi connectivity index (χ1v) is 8.00. The monoisotopic (exact) mass is 346 g/mol. The fraction of sp³-hybridized carbons (Fsp3) is 0.263. The average molecular weight is 346 g/mol. The number of nitrogens with zero attached hydrogens (tertiary/aromatic N) is 1. The number of benzene rings is 2. The number of amides is 2. The molecular weight excluding hydrogens is 326 g/mol. The lowest BCUT2D eigenvalue weighted by Gasteiger charge is -2.21. The van der Waals surface area contributed by atoms with Crippen molar-refractivity contribution in [2.75, 3.05) is 19.6 Å². The Hall–Kier alpha value is -2.76. The largest absolute Gasteiger partial charge is 0.350 e. The van der Waals surface area contributed by atoms with Crippen molar-refractivity contribution in [1.82, 2.24) is 10.2 Å². The van der Waals surface area contributed by atoms with Crippen LogP contribution in [0.4, 0.5) is 8.78 Å². The van der Waals surface area contributed by atoms with Crippen molar-refractivity contribution in [2.45, 2.75) is 13.3 Å². The summed E-state index contributed by atoms with van der Waals surface area (Å²) in [4.78, 5) is 25.3. The summed E-state index contributed by atoms with van der Waals surface area (Å²) in [7, 11) is 0. The predicted molar refractivity (Wildman–Crippen MR) is 91.1 cm³/mol. The maximum absolute atomic E-state index is 13.1. The summed E-state index contributed by atoms with van der Waals surface area (Å²) in [6.45, 7) is 2.59. The summed E-state index contributed by atoms with van der Waals surface area (Å²) in [5.74, 6) is -2.66. The Bertz CT molecular complexity index is 735. The van der Waals surface area contributed by atoms with Gasteiger partial charge in [0.25, 0.3) is 5.91 Å². The molecule has 0 saturated carbocycles. The molecule has 2 aromatic rings. The van der Waals surface area contributed by atoms with E-state index in [9.17, 15) is 18.4 Å². The molecule has 0 unspecified atom stereocenters. The van der Waals surface area contributed by atoms with Gasteiger partial charge in [-0.25, -0.2) is 8.78 Å². The highest BCUT2D eigenvalue weighted by molar-refractivity contribution is 5.94. The molecule has 25 heavy (non-hydrogen) atoms. The van der Waals surface area contributed by atoms with E-state index in [0.717, 1.165) is 24.1 Å². The van der Waals surface area contributed by atoms with Crippen molar-refractivity contribution >= 4 is 11.8 Å². The summed E-state index contributed by atoms with van der Waals surface area (Å²) in [6.07, 6.45) is 0.720. The molecule has 4 nitrogen and oxygen atoms in total. The molecular formula is C19H20F2N2O2. The maximum Gasteiger partial charge on any atom is 0.251 e. The Balaban J connectivity index is 1.83. The molecule has 0 aromatic heterocycles. The fourth-order valence-electron chi connectivity index (χ4n) is 2.38. The minimum Gasteiger partial charge on any atom is -0.350 e. The van der Waals surface area contributed by atoms with Crippen LogP contribution in [0, 0.1) is 11.6 Å². The second kappa shape index (κ2) is 8.92. The van der Waals surface area contributed by atoms with E-state index in [0.29, 0.717) is 13.1 Å². The van der Waals surface area contributed by atoms with Gasteiger partial charge >= 0.3 is 0 Å². The van der Waals surface area contributed by atoms with E-state index in [4.69, 9.17) is 0 Å². The lowest BCUT2D eigenvalue weighted by atomic mass is 10.1. The fourth-order valence-corrected chi connectivity index (χ4v) is 2.38. The molecule has 2 amide bonds. The smallest absolute Gasteiger partial charge is 0.251 e. The molecule has 0 fully saturated rings. The third-order valence-electron chi connectivity index (χ3n) is 3.81. The van der Waals surface area contributed by atoms with E-state index >= 15 is 0 Å². The first-order chi connectivity index (χ1) is 12.0. The Morgan fingerprint density at radius 2 is 1.72 bits per heavy atom. The third-order valence-corrected chi connectivity index (χ3v) is 3.81. The highest BCUT2D eigenvalue weighted by atomic mass is 19.2. The first kappa shape index (κ1) is 18.6. The molecule has 0 bridgehead atoms. The normalized spacial score (nSPS) is 10.4. The van der Waals surface area contributed by atoms with Crippen molar-refractivity contribution in [3.63, 3.8) is 0 Å². The molecule has 0 radical (unpaired) electrons. The van der Waals surface area contributed by atoms with Gasteiger partial charge in [-0.3, -0.25) is 9.59 Å². The van der Waals surface area contributed by atoms with Crippen LogP contribution < -0.4 is 5.32 Å². The van der Waals surface area contributed by atoms with Gasteiger partial charge in [0.2, 0.25) is 5.91 Å². The minimum absolute atomic E-state index is 0.0394. The molecule has 0 saturated heterocycles. The van der Waals surface area contributed by atoms with Gasteiger partial charge < -0.3 is 10.2 Å². The van der Waals surface area contributed by atoms with Crippen LogP contribution in [0.3, 0.4) is 0 Å². The number of carbonyl (C=O) groups is 2. The van der Waals surface area contributed by atoms with E-state index < -0.39 is 17.5 Å². The molecule has 0 aliphatic carbocycles. The number of halogens is 2. The van der Waals surface area contributed by atoms with Crippen LogP contribution in [0.5, 0.6) is 0 Å². The van der Waals surface area contributed by atoms with Crippen LogP contribution in [0.1, 0.15) is 22.8 Å². The molecule has 0 atom stereocenters. The summed E-state index contributed by atoms with van der Waals surface area (Å²) in [5, 5.41) is 2.61. The highest BCUT2D eigenvalue weighted by Gasteiger charge is 2.12. The Kier molecular flexibility index (Phi) is 6.62. The average Bonchev–Trinajstić information content (AvgIpc) is 2.60. The number of carbonyl (C=O) groups excluding carboxylic acids is 2. The van der Waals surface area contributed by atoms with E-state index in [2.05, 4.69) is 5.32 Å². The summed E-state index contributed by atoms with van der Waals surface area (Å²) >= 11 is 0. The van der Waals surface area contributed by atoms with Gasteiger partial charge in [-0.2, -0.15) is 0 Å². The Morgan fingerprint density at radius 1 is 1.00 bits per heavy atom. The molecule has 6 heteroatoms. The van der Waals surface area contributed by atoms with Gasteiger partial charge in [0.05, 0.1) is 0 Å². The van der Waals surface area contributed by atoms with Crippen LogP contribution in [-0.2, 0) is 11.2 Å². The second-order valence-electron chi connectivity index (χ2n) is 5.63. The molecule has 0 heterocycles. The van der Waals surface area contributed by atoms with Gasteiger partial charge in [0.1, 0.15) is 0 Å². The highest BCUT2D eigenvalue weighted by Crippen LogP contribution is 2.08. The zero-order valence-electron chi connectivity index (χ0n) is 14.0. The predicted octanol–water partition coefficient (Wildman–Crippen LogP) is 2.79. The van der Waals surface area contributed by atoms with Crippen molar-refractivity contribution in [1.29, 1.82) is 0 Å². The second-order valence-corrected chi connectivity index (χ2v) is 5.63. The molecule has 1 N–H and O–H groups in total. The van der Waals surface area contributed by atoms with Crippen molar-refractivity contribution < 1.29 is 18.4 Å². The maximum atomic E-state index is 13.1. The van der Waals surface area contributed by atoms with Gasteiger partial charge in [-0.15, -0.1) is 0 Å². The topological polar surface area (TPSA) is 49.4 Å². The summed E-state index contributed by atoms with van der Waals surface area (Å²) in [5.41, 5.74) is 1.16. The van der Waals surface area contributed by atoms with Crippen LogP contribution in [0.15, 0.2) is 48.5 Å². The molecule has 0 spiro atoms. The van der Waals surface area contributed by atoms with Gasteiger partial charge in [0, 0.05) is 32.1 Å². The van der Waals surface area contributed by atoms with Gasteiger partial charge in [-0.1, -0.05) is 30.3 Å². The zero-order valence-corrected chi connectivity index (χ0v) is 14.0. The number of rotatable bonds is 7. The number of hydrogen-bond acceptors (Lipinski definition) is 2. The van der Waals surface area contributed by atoms with Crippen molar-refractivity contribution in [3.05, 3.63) is 71.3 Å². The quantitative estimate of drug-likeness (QED) is 0.838. The molecule has 2 aromatic carbocycles. The van der Waals surface area contributed by atoms with E-state index in [1.807, 2.05) is 30.3 Å². The van der Waals surface area contributed by atoms with Crippen molar-refractivity contribution in [3.8, 4) is 0 Å². The van der Waals surface area contributed by atoms with E-state index in [1.54, 1.807) is 4.90 Å². The Morgan fingerprint density at radius 3 is 2.36 bits per heavy atom. The van der Waals surface area contributed by atoms with Crippen LogP contribution in [-0.4, -0.2) is 36.3 Å². The van der Waals surface area contributed by atoms with Crippen LogP contribution in [0.2, 0.25) is 0 Å². The Labute approximate surface area is 145 Å². The molecule has 0 aliphatic heterocycles. The van der Waals surface area contributed by atoms with Crippen molar-refractivity contribution in [2.24, 2.45) is 0 Å². The van der Waals surface area contributed by atoms with E-state index in [1.165, 1.54) is 13.0 Å². The molecule has 0 aliphatic rings. The lowest BCUT2D eigenvalue weighted by molar-refractivity contribution is -0.128. The van der Waals surface area contributed by atoms with E-state index in [-0.39, 0.29) is 18.0 Å². The standard InChI is InChI=1S/C19H20F2N2O2/c1-14(24)23(11-9-15-5-3-2-4-6-15)12-10-22-19(25)16-7-8-17(20)18(21)13-16/h2-8,13H,9-12H2,1H3,(H,22,25). The summed E-state index contributed by atoms with van der Waals surface area (Å²) in [6, 6.07) is 12.8. The third kappa shape index (κ3) is 5.67. The molecule has 132 valence electrons. The van der Waals surface area contributed by atoms with Crippen LogP contribution in [0.25, 0.3) is 0 Å². The van der Waals surface area contributed by atoms with Crippen LogP contribution >= 0.6 is 0 Å². The zero-order chi connectivity index (χ0) is 18.2. The number of nitrogens with one attached hydrogen (secondary N) is 1.